The van der Waals surface area contributed by atoms with E-state index in [2.05, 4.69) is 87.3 Å². The van der Waals surface area contributed by atoms with Gasteiger partial charge in [0.1, 0.15) is 0 Å². The summed E-state index contributed by atoms with van der Waals surface area (Å²) in [6, 6.07) is 4.13. The molecule has 6 heteroatoms. The molecule has 1 heterocycles. The van der Waals surface area contributed by atoms with Gasteiger partial charge in [-0.25, -0.2) is 4.68 Å². The first-order chi connectivity index (χ1) is 9.26. The first-order valence-corrected chi connectivity index (χ1v) is 7.97. The molecule has 0 spiro atoms. The van der Waals surface area contributed by atoms with Crippen molar-refractivity contribution in [2.24, 2.45) is 0 Å². The summed E-state index contributed by atoms with van der Waals surface area (Å²) in [5, 5.41) is 11.8. The number of hydrogen-bond acceptors (Lipinski definition) is 3. The molecule has 0 unspecified atom stereocenters. The summed E-state index contributed by atoms with van der Waals surface area (Å²) in [6.07, 6.45) is 1.94. The summed E-state index contributed by atoms with van der Waals surface area (Å²) >= 11 is 7.16. The second-order valence-electron chi connectivity index (χ2n) is 5.84. The van der Waals surface area contributed by atoms with Crippen molar-refractivity contribution in [2.75, 3.05) is 0 Å². The molecule has 0 saturated carbocycles. The molecule has 0 amide bonds. The highest BCUT2D eigenvalue weighted by Crippen LogP contribution is 2.30. The largest absolute Gasteiger partial charge is 0.306 e. The third-order valence-electron chi connectivity index (χ3n) is 2.73. The number of halogens is 2. The summed E-state index contributed by atoms with van der Waals surface area (Å²) in [5.41, 5.74) is 3.13. The number of rotatable bonds is 3. The summed E-state index contributed by atoms with van der Waals surface area (Å²) < 4.78 is 3.77. The Balaban J connectivity index is 2.25. The molecule has 0 bridgehead atoms. The Morgan fingerprint density at radius 2 is 1.80 bits per heavy atom. The molecule has 0 atom stereocenters. The minimum Gasteiger partial charge on any atom is -0.306 e. The Bertz CT molecular complexity index is 591. The van der Waals surface area contributed by atoms with Crippen LogP contribution in [0.25, 0.3) is 5.69 Å². The zero-order valence-electron chi connectivity index (χ0n) is 12.0. The van der Waals surface area contributed by atoms with Gasteiger partial charge in [0.15, 0.2) is 0 Å². The van der Waals surface area contributed by atoms with Crippen LogP contribution in [0.2, 0.25) is 0 Å². The van der Waals surface area contributed by atoms with Gasteiger partial charge in [-0.2, -0.15) is 0 Å². The molecule has 0 fully saturated rings. The number of aromatic nitrogens is 3. The van der Waals surface area contributed by atoms with Crippen LogP contribution in [-0.4, -0.2) is 20.5 Å². The monoisotopic (exact) mass is 400 g/mol. The zero-order valence-corrected chi connectivity index (χ0v) is 15.2. The molecule has 0 aliphatic heterocycles. The van der Waals surface area contributed by atoms with E-state index >= 15 is 0 Å². The molecule has 0 saturated heterocycles. The molecule has 20 heavy (non-hydrogen) atoms. The van der Waals surface area contributed by atoms with Gasteiger partial charge in [-0.3, -0.25) is 0 Å². The van der Waals surface area contributed by atoms with Crippen LogP contribution in [0.15, 0.2) is 27.3 Å². The maximum atomic E-state index is 4.21. The fourth-order valence-electron chi connectivity index (χ4n) is 1.76. The van der Waals surface area contributed by atoms with Crippen LogP contribution in [0.4, 0.5) is 0 Å². The van der Waals surface area contributed by atoms with E-state index in [1.807, 2.05) is 6.20 Å². The molecule has 1 aromatic carbocycles. The average molecular weight is 402 g/mol. The van der Waals surface area contributed by atoms with Crippen molar-refractivity contribution < 1.29 is 0 Å². The lowest BCUT2D eigenvalue weighted by molar-refractivity contribution is 0.421. The molecular weight excluding hydrogens is 384 g/mol. The van der Waals surface area contributed by atoms with Crippen molar-refractivity contribution >= 4 is 31.9 Å². The molecule has 1 aromatic heterocycles. The van der Waals surface area contributed by atoms with Crippen LogP contribution in [0.3, 0.4) is 0 Å². The van der Waals surface area contributed by atoms with Gasteiger partial charge in [0, 0.05) is 21.0 Å². The van der Waals surface area contributed by atoms with Crippen molar-refractivity contribution in [3.05, 3.63) is 38.5 Å². The van der Waals surface area contributed by atoms with E-state index in [0.717, 1.165) is 20.3 Å². The van der Waals surface area contributed by atoms with Crippen LogP contribution in [-0.2, 0) is 6.54 Å². The van der Waals surface area contributed by atoms with Crippen LogP contribution in [0.5, 0.6) is 0 Å². The highest BCUT2D eigenvalue weighted by Gasteiger charge is 2.13. The van der Waals surface area contributed by atoms with Gasteiger partial charge >= 0.3 is 0 Å². The predicted molar refractivity (Wildman–Crippen MR) is 88.1 cm³/mol. The normalized spacial score (nSPS) is 11.9. The van der Waals surface area contributed by atoms with Gasteiger partial charge < -0.3 is 5.32 Å². The first kappa shape index (κ1) is 15.7. The Morgan fingerprint density at radius 3 is 2.35 bits per heavy atom. The maximum absolute atomic E-state index is 4.21. The highest BCUT2D eigenvalue weighted by atomic mass is 79.9. The topological polar surface area (TPSA) is 42.7 Å². The van der Waals surface area contributed by atoms with Crippen LogP contribution in [0, 0.1) is 6.92 Å². The smallest absolute Gasteiger partial charge is 0.0969 e. The van der Waals surface area contributed by atoms with E-state index in [-0.39, 0.29) is 5.54 Å². The van der Waals surface area contributed by atoms with Gasteiger partial charge in [-0.15, -0.1) is 5.10 Å². The minimum absolute atomic E-state index is 0.0643. The minimum atomic E-state index is 0.0643. The second kappa shape index (κ2) is 5.95. The molecule has 0 aliphatic carbocycles. The maximum Gasteiger partial charge on any atom is 0.0969 e. The number of nitrogens with zero attached hydrogens (tertiary/aromatic N) is 3. The number of hydrogen-bond donors (Lipinski definition) is 1. The summed E-state index contributed by atoms with van der Waals surface area (Å²) in [7, 11) is 0. The predicted octanol–water partition coefficient (Wildman–Crippen LogP) is 3.99. The quantitative estimate of drug-likeness (QED) is 0.845. The molecular formula is C14H18Br2N4. The lowest BCUT2D eigenvalue weighted by Gasteiger charge is -2.19. The van der Waals surface area contributed by atoms with Gasteiger partial charge in [-0.1, -0.05) is 5.21 Å². The fourth-order valence-corrected chi connectivity index (χ4v) is 3.53. The van der Waals surface area contributed by atoms with E-state index in [0.29, 0.717) is 6.54 Å². The van der Waals surface area contributed by atoms with Crippen LogP contribution < -0.4 is 5.32 Å². The lowest BCUT2D eigenvalue weighted by Crippen LogP contribution is -2.35. The molecule has 2 rings (SSSR count). The first-order valence-electron chi connectivity index (χ1n) is 6.38. The summed E-state index contributed by atoms with van der Waals surface area (Å²) in [5.74, 6) is 0. The third kappa shape index (κ3) is 3.90. The van der Waals surface area contributed by atoms with E-state index in [1.54, 1.807) is 4.68 Å². The summed E-state index contributed by atoms with van der Waals surface area (Å²) in [4.78, 5) is 0. The molecule has 1 N–H and O–H groups in total. The standard InChI is InChI=1S/C14H18Br2N4/c1-9-5-11(15)13(12(16)6-9)20-8-10(18-19-20)7-17-14(2,3)4/h5-6,8,17H,7H2,1-4H3. The van der Waals surface area contributed by atoms with E-state index in [9.17, 15) is 0 Å². The van der Waals surface area contributed by atoms with Gasteiger partial charge in [0.05, 0.1) is 17.6 Å². The number of aryl methyl sites for hydroxylation is 1. The average Bonchev–Trinajstić information content (AvgIpc) is 2.72. The number of benzene rings is 1. The number of nitrogens with one attached hydrogen (secondary N) is 1. The van der Waals surface area contributed by atoms with Crippen molar-refractivity contribution in [1.82, 2.24) is 20.3 Å². The Kier molecular flexibility index (Phi) is 4.66. The zero-order chi connectivity index (χ0) is 14.9. The van der Waals surface area contributed by atoms with Crippen molar-refractivity contribution in [1.29, 1.82) is 0 Å². The highest BCUT2D eigenvalue weighted by molar-refractivity contribution is 9.11. The molecule has 108 valence electrons. The van der Waals surface area contributed by atoms with Crippen molar-refractivity contribution in [2.45, 2.75) is 39.8 Å². The molecule has 0 radical (unpaired) electrons. The van der Waals surface area contributed by atoms with Crippen molar-refractivity contribution in [3.63, 3.8) is 0 Å². The third-order valence-corrected chi connectivity index (χ3v) is 3.94. The molecule has 0 aliphatic rings. The van der Waals surface area contributed by atoms with E-state index in [4.69, 9.17) is 0 Å². The molecule has 2 aromatic rings. The van der Waals surface area contributed by atoms with Gasteiger partial charge in [0.25, 0.3) is 0 Å². The van der Waals surface area contributed by atoms with E-state index in [1.165, 1.54) is 5.56 Å². The fraction of sp³-hybridized carbons (Fsp3) is 0.429. The summed E-state index contributed by atoms with van der Waals surface area (Å²) in [6.45, 7) is 9.14. The van der Waals surface area contributed by atoms with Gasteiger partial charge in [-0.05, 0) is 77.3 Å². The Hall–Kier alpha value is -0.720. The Labute approximate surface area is 136 Å². The van der Waals surface area contributed by atoms with Crippen LogP contribution >= 0.6 is 31.9 Å². The molecule has 4 nitrogen and oxygen atoms in total. The van der Waals surface area contributed by atoms with E-state index < -0.39 is 0 Å². The van der Waals surface area contributed by atoms with Crippen molar-refractivity contribution in [3.8, 4) is 5.69 Å². The SMILES string of the molecule is Cc1cc(Br)c(-n2cc(CNC(C)(C)C)nn2)c(Br)c1. The Morgan fingerprint density at radius 1 is 1.20 bits per heavy atom. The second-order valence-corrected chi connectivity index (χ2v) is 7.54. The van der Waals surface area contributed by atoms with Gasteiger partial charge in [0.2, 0.25) is 0 Å². The lowest BCUT2D eigenvalue weighted by atomic mass is 10.1. The van der Waals surface area contributed by atoms with Crippen LogP contribution in [0.1, 0.15) is 32.0 Å².